The van der Waals surface area contributed by atoms with Crippen LogP contribution in [0.15, 0.2) is 9.59 Å². The van der Waals surface area contributed by atoms with Gasteiger partial charge in [-0.1, -0.05) is 26.2 Å². The Labute approximate surface area is 123 Å². The van der Waals surface area contributed by atoms with Gasteiger partial charge in [0.15, 0.2) is 11.2 Å². The van der Waals surface area contributed by atoms with Crippen molar-refractivity contribution in [3.63, 3.8) is 0 Å². The third-order valence-corrected chi connectivity index (χ3v) is 3.79. The summed E-state index contributed by atoms with van der Waals surface area (Å²) in [5, 5.41) is 3.24. The zero-order valence-corrected chi connectivity index (χ0v) is 13.1. The van der Waals surface area contributed by atoms with E-state index in [4.69, 9.17) is 0 Å². The molecule has 7 nitrogen and oxygen atoms in total. The maximum absolute atomic E-state index is 12.2. The second-order valence-electron chi connectivity index (χ2n) is 5.36. The first-order valence-corrected chi connectivity index (χ1v) is 7.35. The van der Waals surface area contributed by atoms with Crippen molar-refractivity contribution < 1.29 is 0 Å². The third-order valence-electron chi connectivity index (χ3n) is 3.79. The normalized spacial score (nSPS) is 11.2. The maximum atomic E-state index is 12.2. The van der Waals surface area contributed by atoms with E-state index in [-0.39, 0.29) is 11.2 Å². The smallest absolute Gasteiger partial charge is 0.332 e. The fraction of sp³-hybridized carbons (Fsp3) is 0.643. The zero-order valence-electron chi connectivity index (χ0n) is 13.1. The highest BCUT2D eigenvalue weighted by atomic mass is 16.2. The molecular weight excluding hydrogens is 270 g/mol. The number of unbranched alkanes of at least 4 members (excludes halogenated alkanes) is 3. The molecule has 1 N–H and O–H groups in total. The van der Waals surface area contributed by atoms with Crippen molar-refractivity contribution in [2.45, 2.75) is 32.6 Å². The van der Waals surface area contributed by atoms with E-state index in [2.05, 4.69) is 17.2 Å². The van der Waals surface area contributed by atoms with Crippen molar-refractivity contribution >= 4 is 17.1 Å². The first kappa shape index (κ1) is 15.3. The van der Waals surface area contributed by atoms with E-state index < -0.39 is 0 Å². The predicted molar refractivity (Wildman–Crippen MR) is 83.8 cm³/mol. The first-order valence-electron chi connectivity index (χ1n) is 7.35. The molecule has 0 bridgehead atoms. The van der Waals surface area contributed by atoms with Gasteiger partial charge < -0.3 is 9.88 Å². The summed E-state index contributed by atoms with van der Waals surface area (Å²) in [4.78, 5) is 28.5. The van der Waals surface area contributed by atoms with Crippen molar-refractivity contribution in [1.82, 2.24) is 18.7 Å². The number of hydrogen-bond acceptors (Lipinski definition) is 4. The minimum absolute atomic E-state index is 0.317. The number of aromatic nitrogens is 4. The van der Waals surface area contributed by atoms with Crippen molar-refractivity contribution in [3.05, 3.63) is 20.8 Å². The molecule has 2 rings (SSSR count). The molecule has 0 saturated heterocycles. The summed E-state index contributed by atoms with van der Waals surface area (Å²) in [5.74, 6) is 0.625. The number of rotatable bonds is 6. The van der Waals surface area contributed by atoms with E-state index in [0.29, 0.717) is 17.1 Å². The Morgan fingerprint density at radius 2 is 1.71 bits per heavy atom. The minimum Gasteiger partial charge on any atom is -0.356 e. The molecule has 0 aliphatic carbocycles. The van der Waals surface area contributed by atoms with Crippen molar-refractivity contribution in [3.8, 4) is 0 Å². The van der Waals surface area contributed by atoms with Gasteiger partial charge in [-0.25, -0.2) is 4.79 Å². The summed E-state index contributed by atoms with van der Waals surface area (Å²) >= 11 is 0. The van der Waals surface area contributed by atoms with Crippen molar-refractivity contribution in [2.24, 2.45) is 21.1 Å². The Bertz CT molecular complexity index is 753. The van der Waals surface area contributed by atoms with Crippen molar-refractivity contribution in [2.75, 3.05) is 11.9 Å². The number of hydrogen-bond donors (Lipinski definition) is 1. The predicted octanol–water partition coefficient (Wildman–Crippen LogP) is 0.963. The quantitative estimate of drug-likeness (QED) is 0.805. The highest BCUT2D eigenvalue weighted by molar-refractivity contribution is 5.74. The minimum atomic E-state index is -0.361. The third kappa shape index (κ3) is 2.72. The molecule has 21 heavy (non-hydrogen) atoms. The van der Waals surface area contributed by atoms with E-state index >= 15 is 0 Å². The lowest BCUT2D eigenvalue weighted by molar-refractivity contribution is 0.682. The van der Waals surface area contributed by atoms with E-state index in [1.54, 1.807) is 18.7 Å². The molecule has 0 unspecified atom stereocenters. The van der Waals surface area contributed by atoms with Crippen molar-refractivity contribution in [1.29, 1.82) is 0 Å². The number of imidazole rings is 1. The summed E-state index contributed by atoms with van der Waals surface area (Å²) in [7, 11) is 4.90. The number of fused-ring (bicyclic) bond motifs is 1. The molecule has 0 fully saturated rings. The van der Waals surface area contributed by atoms with Gasteiger partial charge in [0.2, 0.25) is 5.95 Å². The fourth-order valence-electron chi connectivity index (χ4n) is 2.43. The molecule has 0 aliphatic heterocycles. The molecule has 0 radical (unpaired) electrons. The molecule has 0 saturated carbocycles. The summed E-state index contributed by atoms with van der Waals surface area (Å²) in [6.07, 6.45) is 4.66. The molecule has 7 heteroatoms. The SMILES string of the molecule is CCCCCCNc1nc2c(c(=O)n(C)c(=O)n2C)n1C. The average molecular weight is 293 g/mol. The van der Waals surface area contributed by atoms with Gasteiger partial charge in [-0.2, -0.15) is 4.98 Å². The number of aryl methyl sites for hydroxylation is 2. The molecule has 2 aromatic heterocycles. The van der Waals surface area contributed by atoms with Crippen LogP contribution in [-0.2, 0) is 21.1 Å². The van der Waals surface area contributed by atoms with E-state index in [1.165, 1.54) is 30.9 Å². The lowest BCUT2D eigenvalue weighted by atomic mass is 10.2. The van der Waals surface area contributed by atoms with Crippen LogP contribution in [0.1, 0.15) is 32.6 Å². The molecule has 0 amide bonds. The van der Waals surface area contributed by atoms with Gasteiger partial charge in [0, 0.05) is 27.7 Å². The van der Waals surface area contributed by atoms with Crippen LogP contribution in [0.4, 0.5) is 5.95 Å². The molecule has 0 atom stereocenters. The first-order chi connectivity index (χ1) is 9.99. The number of nitrogens with one attached hydrogen (secondary N) is 1. The molecule has 0 aromatic carbocycles. The second-order valence-corrected chi connectivity index (χ2v) is 5.36. The van der Waals surface area contributed by atoms with Gasteiger partial charge in [-0.3, -0.25) is 13.9 Å². The number of anilines is 1. The largest absolute Gasteiger partial charge is 0.356 e. The lowest BCUT2D eigenvalue weighted by Crippen LogP contribution is -2.37. The molecule has 2 heterocycles. The molecule has 2 aromatic rings. The maximum Gasteiger partial charge on any atom is 0.332 e. The summed E-state index contributed by atoms with van der Waals surface area (Å²) in [6.45, 7) is 2.99. The fourth-order valence-corrected chi connectivity index (χ4v) is 2.43. The summed E-state index contributed by atoms with van der Waals surface area (Å²) in [6, 6.07) is 0. The Kier molecular flexibility index (Phi) is 4.50. The van der Waals surface area contributed by atoms with E-state index in [1.807, 2.05) is 0 Å². The summed E-state index contributed by atoms with van der Waals surface area (Å²) in [5.41, 5.74) is 0.180. The number of nitrogens with zero attached hydrogens (tertiary/aromatic N) is 4. The monoisotopic (exact) mass is 293 g/mol. The van der Waals surface area contributed by atoms with Gasteiger partial charge in [0.1, 0.15) is 0 Å². The van der Waals surface area contributed by atoms with Crippen LogP contribution >= 0.6 is 0 Å². The highest BCUT2D eigenvalue weighted by Gasteiger charge is 2.16. The van der Waals surface area contributed by atoms with Gasteiger partial charge in [0.05, 0.1) is 0 Å². The zero-order chi connectivity index (χ0) is 15.6. The van der Waals surface area contributed by atoms with Crippen LogP contribution in [0.25, 0.3) is 11.2 Å². The molecular formula is C14H23N5O2. The molecule has 116 valence electrons. The van der Waals surface area contributed by atoms with E-state index in [0.717, 1.165) is 17.5 Å². The standard InChI is InChI=1S/C14H23N5O2/c1-5-6-7-8-9-15-13-16-11-10(17(13)2)12(20)19(4)14(21)18(11)3/h5-9H2,1-4H3,(H,15,16). The van der Waals surface area contributed by atoms with Gasteiger partial charge in [-0.05, 0) is 6.42 Å². The van der Waals surface area contributed by atoms with Gasteiger partial charge in [-0.15, -0.1) is 0 Å². The lowest BCUT2D eigenvalue weighted by Gasteiger charge is -2.05. The van der Waals surface area contributed by atoms with Crippen LogP contribution < -0.4 is 16.6 Å². The van der Waals surface area contributed by atoms with Crippen LogP contribution in [0, 0.1) is 0 Å². The van der Waals surface area contributed by atoms with Crippen LogP contribution in [0.2, 0.25) is 0 Å². The topological polar surface area (TPSA) is 73.8 Å². The highest BCUT2D eigenvalue weighted by Crippen LogP contribution is 2.13. The molecule has 0 aliphatic rings. The van der Waals surface area contributed by atoms with Gasteiger partial charge in [0.25, 0.3) is 5.56 Å². The summed E-state index contributed by atoms with van der Waals surface area (Å²) < 4.78 is 4.23. The van der Waals surface area contributed by atoms with Crippen LogP contribution in [-0.4, -0.2) is 25.2 Å². The van der Waals surface area contributed by atoms with E-state index in [9.17, 15) is 9.59 Å². The average Bonchev–Trinajstić information content (AvgIpc) is 2.80. The van der Waals surface area contributed by atoms with Crippen LogP contribution in [0.3, 0.4) is 0 Å². The van der Waals surface area contributed by atoms with Crippen LogP contribution in [0.5, 0.6) is 0 Å². The molecule has 0 spiro atoms. The Morgan fingerprint density at radius 1 is 1.00 bits per heavy atom. The second kappa shape index (κ2) is 6.15. The Balaban J connectivity index is 2.34. The Hall–Kier alpha value is -2.05. The Morgan fingerprint density at radius 3 is 2.38 bits per heavy atom. The van der Waals surface area contributed by atoms with Gasteiger partial charge >= 0.3 is 5.69 Å².